The van der Waals surface area contributed by atoms with E-state index in [1.54, 1.807) is 0 Å². The van der Waals surface area contributed by atoms with Gasteiger partial charge in [0, 0.05) is 25.5 Å². The molecule has 112 valence electrons. The number of aliphatic hydroxyl groups excluding tert-OH is 1. The molecule has 0 atom stereocenters. The molecule has 1 aliphatic heterocycles. The zero-order valence-electron chi connectivity index (χ0n) is 12.0. The minimum absolute atomic E-state index is 0.147. The molecule has 21 heavy (non-hydrogen) atoms. The van der Waals surface area contributed by atoms with Crippen LogP contribution in [0.15, 0.2) is 24.3 Å². The summed E-state index contributed by atoms with van der Waals surface area (Å²) in [6.07, 6.45) is 2.31. The van der Waals surface area contributed by atoms with Crippen LogP contribution in [0, 0.1) is 16.7 Å². The van der Waals surface area contributed by atoms with Crippen molar-refractivity contribution in [3.63, 3.8) is 0 Å². The van der Waals surface area contributed by atoms with Gasteiger partial charge in [-0.1, -0.05) is 12.1 Å². The molecule has 1 aromatic rings. The van der Waals surface area contributed by atoms with Crippen LogP contribution in [0.25, 0.3) is 0 Å². The van der Waals surface area contributed by atoms with E-state index in [1.807, 2.05) is 24.3 Å². The summed E-state index contributed by atoms with van der Waals surface area (Å²) in [4.78, 5) is 12.4. The molecule has 1 fully saturated rings. The summed E-state index contributed by atoms with van der Waals surface area (Å²) in [5, 5.41) is 21.1. The number of carbonyl (C=O) groups excluding carboxylic acids is 1. The van der Waals surface area contributed by atoms with E-state index in [4.69, 9.17) is 9.84 Å². The number of nitrogens with one attached hydrogen (secondary N) is 1. The van der Waals surface area contributed by atoms with E-state index >= 15 is 0 Å². The van der Waals surface area contributed by atoms with Crippen molar-refractivity contribution in [1.29, 1.82) is 5.26 Å². The first kappa shape index (κ1) is 15.5. The highest BCUT2D eigenvalue weighted by atomic mass is 16.5. The van der Waals surface area contributed by atoms with Crippen molar-refractivity contribution in [2.75, 3.05) is 25.1 Å². The van der Waals surface area contributed by atoms with Crippen LogP contribution >= 0.6 is 0 Å². The van der Waals surface area contributed by atoms with Crippen LogP contribution in [-0.2, 0) is 16.0 Å². The lowest BCUT2D eigenvalue weighted by molar-refractivity contribution is -0.126. The van der Waals surface area contributed by atoms with Crippen molar-refractivity contribution in [1.82, 2.24) is 0 Å². The summed E-state index contributed by atoms with van der Waals surface area (Å²) in [5.74, 6) is -0.257. The minimum atomic E-state index is -0.987. The van der Waals surface area contributed by atoms with Gasteiger partial charge in [0.2, 0.25) is 5.91 Å². The first-order chi connectivity index (χ1) is 10.2. The van der Waals surface area contributed by atoms with Crippen molar-refractivity contribution in [3.05, 3.63) is 29.8 Å². The zero-order valence-corrected chi connectivity index (χ0v) is 12.0. The van der Waals surface area contributed by atoms with Gasteiger partial charge in [-0.3, -0.25) is 4.79 Å². The molecule has 0 unspecified atom stereocenters. The van der Waals surface area contributed by atoms with E-state index in [1.165, 1.54) is 0 Å². The zero-order chi connectivity index (χ0) is 15.1. The third kappa shape index (κ3) is 3.81. The molecule has 1 aromatic carbocycles. The Morgan fingerprint density at radius 3 is 2.86 bits per heavy atom. The highest BCUT2D eigenvalue weighted by Gasteiger charge is 2.40. The summed E-state index contributed by atoms with van der Waals surface area (Å²) in [5.41, 5.74) is 0.760. The van der Waals surface area contributed by atoms with Crippen LogP contribution in [0.1, 0.15) is 24.8 Å². The second kappa shape index (κ2) is 7.21. The fraction of sp³-hybridized carbons (Fsp3) is 0.500. The summed E-state index contributed by atoms with van der Waals surface area (Å²) in [6.45, 7) is 1.03. The quantitative estimate of drug-likeness (QED) is 0.866. The molecular weight excluding hydrogens is 268 g/mol. The largest absolute Gasteiger partial charge is 0.396 e. The number of carbonyl (C=O) groups is 1. The van der Waals surface area contributed by atoms with Crippen LogP contribution in [0.3, 0.4) is 0 Å². The van der Waals surface area contributed by atoms with Gasteiger partial charge in [-0.05, 0) is 43.4 Å². The molecule has 0 radical (unpaired) electrons. The van der Waals surface area contributed by atoms with Gasteiger partial charge in [-0.2, -0.15) is 5.26 Å². The van der Waals surface area contributed by atoms with Crippen LogP contribution in [0.4, 0.5) is 5.69 Å². The van der Waals surface area contributed by atoms with Crippen molar-refractivity contribution >= 4 is 11.6 Å². The molecular formula is C16H20N2O3. The van der Waals surface area contributed by atoms with Crippen molar-refractivity contribution < 1.29 is 14.6 Å². The first-order valence-corrected chi connectivity index (χ1v) is 7.20. The Morgan fingerprint density at radius 1 is 1.43 bits per heavy atom. The Balaban J connectivity index is 2.06. The molecule has 0 spiro atoms. The average molecular weight is 288 g/mol. The van der Waals surface area contributed by atoms with E-state index in [0.717, 1.165) is 12.0 Å². The Bertz CT molecular complexity index is 531. The van der Waals surface area contributed by atoms with Gasteiger partial charge in [-0.15, -0.1) is 0 Å². The fourth-order valence-electron chi connectivity index (χ4n) is 2.45. The molecule has 5 nitrogen and oxygen atoms in total. The van der Waals surface area contributed by atoms with Gasteiger partial charge < -0.3 is 15.2 Å². The number of rotatable bonds is 5. The smallest absolute Gasteiger partial charge is 0.245 e. The van der Waals surface area contributed by atoms with Crippen LogP contribution in [0.2, 0.25) is 0 Å². The predicted octanol–water partition coefficient (Wildman–Crippen LogP) is 1.87. The normalized spacial score (nSPS) is 17.0. The molecule has 1 amide bonds. The Hall–Kier alpha value is -1.90. The Morgan fingerprint density at radius 2 is 2.19 bits per heavy atom. The number of amides is 1. The topological polar surface area (TPSA) is 82.4 Å². The molecule has 0 aliphatic carbocycles. The molecule has 1 saturated heterocycles. The summed E-state index contributed by atoms with van der Waals surface area (Å²) in [7, 11) is 0. The first-order valence-electron chi connectivity index (χ1n) is 7.20. The van der Waals surface area contributed by atoms with Gasteiger partial charge in [0.25, 0.3) is 0 Å². The van der Waals surface area contributed by atoms with E-state index in [2.05, 4.69) is 11.4 Å². The standard InChI is InChI=1S/C16H20N2O3/c17-12-16(6-9-21-10-7-16)15(20)18-14-5-1-3-13(11-14)4-2-8-19/h1,3,5,11,19H,2,4,6-10H2,(H,18,20). The summed E-state index contributed by atoms with van der Waals surface area (Å²) in [6, 6.07) is 9.68. The Kier molecular flexibility index (Phi) is 5.32. The molecule has 5 heteroatoms. The molecule has 0 saturated carbocycles. The van der Waals surface area contributed by atoms with Gasteiger partial charge >= 0.3 is 0 Å². The molecule has 0 aromatic heterocycles. The second-order valence-corrected chi connectivity index (χ2v) is 5.29. The third-order valence-electron chi connectivity index (χ3n) is 3.80. The molecule has 1 heterocycles. The monoisotopic (exact) mass is 288 g/mol. The average Bonchev–Trinajstić information content (AvgIpc) is 2.54. The predicted molar refractivity (Wildman–Crippen MR) is 78.6 cm³/mol. The summed E-state index contributed by atoms with van der Waals surface area (Å²) < 4.78 is 5.24. The van der Waals surface area contributed by atoms with E-state index < -0.39 is 5.41 Å². The lowest BCUT2D eigenvalue weighted by Crippen LogP contribution is -2.39. The fourth-order valence-corrected chi connectivity index (χ4v) is 2.45. The number of nitrogens with zero attached hydrogens (tertiary/aromatic N) is 1. The van der Waals surface area contributed by atoms with Crippen molar-refractivity contribution in [2.24, 2.45) is 5.41 Å². The van der Waals surface area contributed by atoms with Crippen LogP contribution in [0.5, 0.6) is 0 Å². The van der Waals surface area contributed by atoms with Gasteiger partial charge in [0.1, 0.15) is 5.41 Å². The van der Waals surface area contributed by atoms with Crippen LogP contribution < -0.4 is 5.32 Å². The Labute approximate surface area is 124 Å². The van der Waals surface area contributed by atoms with Crippen molar-refractivity contribution in [2.45, 2.75) is 25.7 Å². The number of ether oxygens (including phenoxy) is 1. The lowest BCUT2D eigenvalue weighted by atomic mass is 9.81. The maximum absolute atomic E-state index is 12.4. The summed E-state index contributed by atoms with van der Waals surface area (Å²) >= 11 is 0. The number of hydrogen-bond donors (Lipinski definition) is 2. The van der Waals surface area contributed by atoms with E-state index in [0.29, 0.717) is 38.2 Å². The molecule has 0 bridgehead atoms. The van der Waals surface area contributed by atoms with E-state index in [-0.39, 0.29) is 12.5 Å². The van der Waals surface area contributed by atoms with Crippen molar-refractivity contribution in [3.8, 4) is 6.07 Å². The maximum Gasteiger partial charge on any atom is 0.245 e. The minimum Gasteiger partial charge on any atom is -0.396 e. The molecule has 1 aliphatic rings. The molecule has 2 N–H and O–H groups in total. The lowest BCUT2D eigenvalue weighted by Gasteiger charge is -2.29. The third-order valence-corrected chi connectivity index (χ3v) is 3.80. The number of aryl methyl sites for hydroxylation is 1. The second-order valence-electron chi connectivity index (χ2n) is 5.29. The van der Waals surface area contributed by atoms with Crippen LogP contribution in [-0.4, -0.2) is 30.8 Å². The number of anilines is 1. The highest BCUT2D eigenvalue weighted by molar-refractivity contribution is 5.97. The number of aliphatic hydroxyl groups is 1. The van der Waals surface area contributed by atoms with Gasteiger partial charge in [-0.25, -0.2) is 0 Å². The van der Waals surface area contributed by atoms with Gasteiger partial charge in [0.05, 0.1) is 6.07 Å². The number of hydrogen-bond acceptors (Lipinski definition) is 4. The molecule has 2 rings (SSSR count). The van der Waals surface area contributed by atoms with Gasteiger partial charge in [0.15, 0.2) is 0 Å². The maximum atomic E-state index is 12.4. The highest BCUT2D eigenvalue weighted by Crippen LogP contribution is 2.31. The number of nitriles is 1. The number of benzene rings is 1. The van der Waals surface area contributed by atoms with E-state index in [9.17, 15) is 10.1 Å². The SMILES string of the molecule is N#CC1(C(=O)Nc2cccc(CCCO)c2)CCOCC1.